The summed E-state index contributed by atoms with van der Waals surface area (Å²) in [5.74, 6) is -0.358. The van der Waals surface area contributed by atoms with Crippen molar-refractivity contribution in [1.29, 1.82) is 0 Å². The summed E-state index contributed by atoms with van der Waals surface area (Å²) >= 11 is 0. The maximum atomic E-state index is 13.1. The van der Waals surface area contributed by atoms with Crippen molar-refractivity contribution in [3.8, 4) is 11.5 Å². The second kappa shape index (κ2) is 10.3. The summed E-state index contributed by atoms with van der Waals surface area (Å²) in [4.78, 5) is 27.6. The zero-order chi connectivity index (χ0) is 23.3. The van der Waals surface area contributed by atoms with E-state index in [0.717, 1.165) is 5.56 Å². The van der Waals surface area contributed by atoms with Crippen LogP contribution in [0.2, 0.25) is 0 Å². The van der Waals surface area contributed by atoms with Crippen molar-refractivity contribution in [1.82, 2.24) is 4.90 Å². The van der Waals surface area contributed by atoms with E-state index in [0.29, 0.717) is 48.8 Å². The number of rotatable bonds is 9. The van der Waals surface area contributed by atoms with Crippen LogP contribution in [0.4, 0.5) is 0 Å². The first-order valence-electron chi connectivity index (χ1n) is 10.6. The average molecular weight is 440 g/mol. The number of benzene rings is 2. The monoisotopic (exact) mass is 439 g/mol. The molecule has 1 aliphatic heterocycles. The van der Waals surface area contributed by atoms with Gasteiger partial charge in [0.15, 0.2) is 0 Å². The topological polar surface area (TPSA) is 85.3 Å². The van der Waals surface area contributed by atoms with E-state index >= 15 is 0 Å². The maximum absolute atomic E-state index is 13.1. The largest absolute Gasteiger partial charge is 0.507 e. The molecule has 0 aliphatic carbocycles. The van der Waals surface area contributed by atoms with Crippen LogP contribution in [0.15, 0.2) is 48.0 Å². The number of aryl methyl sites for hydroxylation is 1. The minimum Gasteiger partial charge on any atom is -0.507 e. The highest BCUT2D eigenvalue weighted by atomic mass is 16.5. The second-order valence-corrected chi connectivity index (χ2v) is 7.49. The van der Waals surface area contributed by atoms with Crippen LogP contribution < -0.4 is 9.47 Å². The van der Waals surface area contributed by atoms with Crippen LogP contribution >= 0.6 is 0 Å². The Morgan fingerprint density at radius 3 is 2.50 bits per heavy atom. The summed E-state index contributed by atoms with van der Waals surface area (Å²) in [6.45, 7) is 4.90. The van der Waals surface area contributed by atoms with Gasteiger partial charge in [-0.05, 0) is 50.1 Å². The summed E-state index contributed by atoms with van der Waals surface area (Å²) in [5.41, 5.74) is 1.94. The zero-order valence-corrected chi connectivity index (χ0v) is 18.9. The molecule has 0 radical (unpaired) electrons. The number of nitrogens with zero attached hydrogens (tertiary/aromatic N) is 1. The number of hydrogen-bond acceptors (Lipinski definition) is 6. The third kappa shape index (κ3) is 4.48. The van der Waals surface area contributed by atoms with Crippen LogP contribution in [0.3, 0.4) is 0 Å². The van der Waals surface area contributed by atoms with Crippen LogP contribution in [-0.4, -0.2) is 55.7 Å². The fraction of sp³-hybridized carbons (Fsp3) is 0.360. The number of likely N-dealkylation sites (tertiary alicyclic amines) is 1. The molecule has 1 fully saturated rings. The van der Waals surface area contributed by atoms with Crippen molar-refractivity contribution in [2.24, 2.45) is 0 Å². The lowest BCUT2D eigenvalue weighted by Crippen LogP contribution is -2.31. The number of Topliss-reactive ketones (excluding diaryl/α,β-unsaturated/α-hetero) is 1. The Hall–Kier alpha value is -3.32. The molecule has 0 aromatic heterocycles. The predicted molar refractivity (Wildman–Crippen MR) is 121 cm³/mol. The van der Waals surface area contributed by atoms with E-state index in [9.17, 15) is 14.7 Å². The highest BCUT2D eigenvalue weighted by Gasteiger charge is 2.46. The minimum atomic E-state index is -0.767. The Morgan fingerprint density at radius 1 is 1.09 bits per heavy atom. The Bertz CT molecular complexity index is 1030. The molecule has 0 bridgehead atoms. The zero-order valence-electron chi connectivity index (χ0n) is 18.9. The first-order chi connectivity index (χ1) is 15.4. The van der Waals surface area contributed by atoms with E-state index in [1.54, 1.807) is 38.5 Å². The van der Waals surface area contributed by atoms with Crippen LogP contribution in [0.5, 0.6) is 11.5 Å². The van der Waals surface area contributed by atoms with E-state index in [1.807, 2.05) is 32.0 Å². The van der Waals surface area contributed by atoms with Gasteiger partial charge in [-0.15, -0.1) is 0 Å². The Morgan fingerprint density at radius 2 is 1.84 bits per heavy atom. The number of aliphatic hydroxyl groups excluding tert-OH is 1. The van der Waals surface area contributed by atoms with Crippen molar-refractivity contribution in [2.75, 3.05) is 34.0 Å². The van der Waals surface area contributed by atoms with Crippen LogP contribution in [0, 0.1) is 6.92 Å². The smallest absolute Gasteiger partial charge is 0.295 e. The molecule has 170 valence electrons. The predicted octanol–water partition coefficient (Wildman–Crippen LogP) is 3.86. The number of para-hydroxylation sites is 1. The second-order valence-electron chi connectivity index (χ2n) is 7.49. The fourth-order valence-corrected chi connectivity index (χ4v) is 3.99. The molecule has 0 saturated carbocycles. The molecule has 1 saturated heterocycles. The van der Waals surface area contributed by atoms with Crippen molar-refractivity contribution in [2.45, 2.75) is 26.3 Å². The van der Waals surface area contributed by atoms with Crippen LogP contribution in [0.1, 0.15) is 36.1 Å². The number of carbonyl (C=O) groups is 2. The molecule has 7 nitrogen and oxygen atoms in total. The normalized spacial score (nSPS) is 17.6. The molecule has 0 unspecified atom stereocenters. The van der Waals surface area contributed by atoms with Gasteiger partial charge in [0, 0.05) is 31.4 Å². The van der Waals surface area contributed by atoms with E-state index in [2.05, 4.69) is 0 Å². The molecule has 7 heteroatoms. The van der Waals surface area contributed by atoms with Gasteiger partial charge in [0.25, 0.3) is 11.7 Å². The van der Waals surface area contributed by atoms with Gasteiger partial charge in [-0.25, -0.2) is 0 Å². The highest BCUT2D eigenvalue weighted by Crippen LogP contribution is 2.43. The van der Waals surface area contributed by atoms with Gasteiger partial charge in [0.1, 0.15) is 17.3 Å². The molecule has 1 atom stereocenters. The van der Waals surface area contributed by atoms with Gasteiger partial charge in [-0.2, -0.15) is 0 Å². The number of ketones is 1. The summed E-state index contributed by atoms with van der Waals surface area (Å²) in [7, 11) is 3.15. The number of aliphatic hydroxyl groups is 1. The number of methoxy groups -OCH3 is 2. The van der Waals surface area contributed by atoms with E-state index in [-0.39, 0.29) is 11.3 Å². The highest BCUT2D eigenvalue weighted by molar-refractivity contribution is 6.46. The lowest BCUT2D eigenvalue weighted by molar-refractivity contribution is -0.140. The van der Waals surface area contributed by atoms with E-state index in [4.69, 9.17) is 14.2 Å². The molecule has 3 rings (SSSR count). The third-order valence-corrected chi connectivity index (χ3v) is 5.47. The average Bonchev–Trinajstić information content (AvgIpc) is 3.04. The molecule has 32 heavy (non-hydrogen) atoms. The van der Waals surface area contributed by atoms with Gasteiger partial charge in [0.2, 0.25) is 0 Å². The fourth-order valence-electron chi connectivity index (χ4n) is 3.99. The lowest BCUT2D eigenvalue weighted by atomic mass is 9.94. The number of ether oxygens (including phenoxy) is 3. The number of carbonyl (C=O) groups excluding carboxylic acids is 2. The Labute approximate surface area is 188 Å². The van der Waals surface area contributed by atoms with Gasteiger partial charge in [-0.1, -0.05) is 18.2 Å². The molecule has 1 heterocycles. The summed E-state index contributed by atoms with van der Waals surface area (Å²) in [5, 5.41) is 11.2. The summed E-state index contributed by atoms with van der Waals surface area (Å²) in [6.07, 6.45) is 0.554. The quantitative estimate of drug-likeness (QED) is 0.276. The molecule has 2 aromatic carbocycles. The van der Waals surface area contributed by atoms with Crippen molar-refractivity contribution >= 4 is 17.4 Å². The first-order valence-corrected chi connectivity index (χ1v) is 10.6. The van der Waals surface area contributed by atoms with Crippen molar-refractivity contribution in [3.63, 3.8) is 0 Å². The van der Waals surface area contributed by atoms with E-state index in [1.165, 1.54) is 4.90 Å². The lowest BCUT2D eigenvalue weighted by Gasteiger charge is -2.26. The van der Waals surface area contributed by atoms with Crippen LogP contribution in [-0.2, 0) is 14.3 Å². The molecule has 2 aromatic rings. The van der Waals surface area contributed by atoms with Gasteiger partial charge in [-0.3, -0.25) is 9.59 Å². The van der Waals surface area contributed by atoms with Gasteiger partial charge < -0.3 is 24.2 Å². The standard InChI is InChI=1S/C25H29NO6/c1-5-32-20-10-7-6-9-18(20)22-21(24(28)25(29)26(22)13-8-14-30-3)23(27)17-11-12-19(31-4)16(2)15-17/h6-7,9-12,15,22,27H,5,8,13-14H2,1-4H3/b23-21+/t22-/m0/s1. The maximum Gasteiger partial charge on any atom is 0.295 e. The summed E-state index contributed by atoms with van der Waals surface area (Å²) in [6, 6.07) is 11.6. The third-order valence-electron chi connectivity index (χ3n) is 5.47. The Kier molecular flexibility index (Phi) is 7.53. The van der Waals surface area contributed by atoms with Crippen molar-refractivity contribution in [3.05, 3.63) is 64.7 Å². The van der Waals surface area contributed by atoms with E-state index < -0.39 is 17.7 Å². The number of hydrogen-bond donors (Lipinski definition) is 1. The Balaban J connectivity index is 2.17. The molecule has 1 N–H and O–H groups in total. The molecule has 1 aliphatic rings. The molecule has 0 spiro atoms. The SMILES string of the molecule is CCOc1ccccc1[C@H]1/C(=C(\O)c2ccc(OC)c(C)c2)C(=O)C(=O)N1CCCOC. The minimum absolute atomic E-state index is 0.0455. The molecule has 1 amide bonds. The van der Waals surface area contributed by atoms with Crippen LogP contribution in [0.25, 0.3) is 5.76 Å². The first kappa shape index (κ1) is 23.3. The number of amides is 1. The van der Waals surface area contributed by atoms with Gasteiger partial charge in [0.05, 0.1) is 25.3 Å². The summed E-state index contributed by atoms with van der Waals surface area (Å²) < 4.78 is 16.2. The van der Waals surface area contributed by atoms with Gasteiger partial charge >= 0.3 is 0 Å². The van der Waals surface area contributed by atoms with Crippen molar-refractivity contribution < 1.29 is 28.9 Å². The molecular formula is C25H29NO6. The molecular weight excluding hydrogens is 410 g/mol.